The SMILES string of the molecule is COc1ccc(C[C@H]2NC(=O)C=CC[C@@H]([C@H](C)[C@H](Cl)[C@H](O)c3ccccc3)OC(=O)[C@H](CC(C)C)OC(=O)[C@H](C)CNC2=O)cc1Cl. The molecule has 2 amide bonds. The lowest BCUT2D eigenvalue weighted by molar-refractivity contribution is -0.176. The Morgan fingerprint density at radius 3 is 2.36 bits per heavy atom. The van der Waals surface area contributed by atoms with Crippen molar-refractivity contribution in [2.24, 2.45) is 17.8 Å². The number of hydrogen-bond acceptors (Lipinski definition) is 8. The molecule has 7 atom stereocenters. The van der Waals surface area contributed by atoms with Crippen molar-refractivity contribution in [1.29, 1.82) is 0 Å². The molecule has 2 aromatic rings. The Kier molecular flexibility index (Phi) is 14.6. The van der Waals surface area contributed by atoms with E-state index in [0.717, 1.165) is 0 Å². The second-order valence-corrected chi connectivity index (χ2v) is 13.1. The summed E-state index contributed by atoms with van der Waals surface area (Å²) < 4.78 is 16.8. The first-order valence-corrected chi connectivity index (χ1v) is 16.5. The molecule has 10 nitrogen and oxygen atoms in total. The number of esters is 2. The molecule has 0 unspecified atom stereocenters. The van der Waals surface area contributed by atoms with Crippen molar-refractivity contribution in [2.45, 2.75) is 76.7 Å². The number of carbonyl (C=O) groups is 4. The van der Waals surface area contributed by atoms with Crippen molar-refractivity contribution in [2.75, 3.05) is 13.7 Å². The third kappa shape index (κ3) is 11.3. The van der Waals surface area contributed by atoms with Crippen LogP contribution in [-0.2, 0) is 35.1 Å². The Morgan fingerprint density at radius 2 is 1.72 bits per heavy atom. The van der Waals surface area contributed by atoms with Gasteiger partial charge in [0.2, 0.25) is 11.8 Å². The van der Waals surface area contributed by atoms with E-state index in [1.54, 1.807) is 56.3 Å². The zero-order chi connectivity index (χ0) is 34.7. The van der Waals surface area contributed by atoms with Gasteiger partial charge in [0, 0.05) is 25.3 Å². The Hall–Kier alpha value is -3.60. The van der Waals surface area contributed by atoms with Crippen LogP contribution in [0.25, 0.3) is 0 Å². The summed E-state index contributed by atoms with van der Waals surface area (Å²) in [6.07, 6.45) is -0.0588. The molecule has 3 N–H and O–H groups in total. The van der Waals surface area contributed by atoms with Gasteiger partial charge >= 0.3 is 11.9 Å². The van der Waals surface area contributed by atoms with Gasteiger partial charge in [0.15, 0.2) is 6.10 Å². The average molecular weight is 692 g/mol. The molecule has 0 bridgehead atoms. The summed E-state index contributed by atoms with van der Waals surface area (Å²) in [4.78, 5) is 53.0. The predicted molar refractivity (Wildman–Crippen MR) is 179 cm³/mol. The summed E-state index contributed by atoms with van der Waals surface area (Å²) in [5.41, 5.74) is 1.27. The first-order valence-electron chi connectivity index (χ1n) is 15.7. The van der Waals surface area contributed by atoms with Crippen LogP contribution in [0.3, 0.4) is 0 Å². The number of rotatable bonds is 9. The minimum atomic E-state index is -1.21. The van der Waals surface area contributed by atoms with Gasteiger partial charge in [-0.1, -0.05) is 81.8 Å². The molecule has 1 aliphatic heterocycles. The number of cyclic esters (lactones) is 2. The molecule has 0 radical (unpaired) electrons. The number of benzene rings is 2. The number of methoxy groups -OCH3 is 1. The van der Waals surface area contributed by atoms with Gasteiger partial charge in [-0.05, 0) is 41.7 Å². The average Bonchev–Trinajstić information content (AvgIpc) is 3.04. The number of alkyl halides is 1. The van der Waals surface area contributed by atoms with Gasteiger partial charge in [-0.25, -0.2) is 4.79 Å². The zero-order valence-corrected chi connectivity index (χ0v) is 28.8. The number of hydrogen-bond donors (Lipinski definition) is 3. The first kappa shape index (κ1) is 37.9. The molecule has 0 aromatic heterocycles. The quantitative estimate of drug-likeness (QED) is 0.249. The third-order valence-electron chi connectivity index (χ3n) is 7.92. The molecular formula is C35H44Cl2N2O8. The van der Waals surface area contributed by atoms with E-state index in [4.69, 9.17) is 37.4 Å². The molecule has 1 heterocycles. The van der Waals surface area contributed by atoms with Crippen molar-refractivity contribution in [1.82, 2.24) is 10.6 Å². The Bertz CT molecular complexity index is 1400. The fourth-order valence-electron chi connectivity index (χ4n) is 5.07. The van der Waals surface area contributed by atoms with E-state index in [1.807, 2.05) is 19.9 Å². The van der Waals surface area contributed by atoms with Crippen molar-refractivity contribution in [3.8, 4) is 5.75 Å². The molecule has 256 valence electrons. The number of aliphatic hydroxyl groups excluding tert-OH is 1. The van der Waals surface area contributed by atoms with E-state index in [0.29, 0.717) is 21.9 Å². The highest BCUT2D eigenvalue weighted by Gasteiger charge is 2.36. The maximum Gasteiger partial charge on any atom is 0.347 e. The number of nitrogens with one attached hydrogen (secondary N) is 2. The van der Waals surface area contributed by atoms with Gasteiger partial charge in [0.05, 0.1) is 29.5 Å². The number of ether oxygens (including phenoxy) is 3. The van der Waals surface area contributed by atoms with E-state index in [2.05, 4.69) is 10.6 Å². The zero-order valence-electron chi connectivity index (χ0n) is 27.3. The molecule has 0 fully saturated rings. The summed E-state index contributed by atoms with van der Waals surface area (Å²) in [5.74, 6) is -3.51. The summed E-state index contributed by atoms with van der Waals surface area (Å²) in [6.45, 7) is 6.97. The summed E-state index contributed by atoms with van der Waals surface area (Å²) >= 11 is 13.0. The first-order chi connectivity index (χ1) is 22.3. The van der Waals surface area contributed by atoms with Gasteiger partial charge < -0.3 is 30.0 Å². The molecule has 0 saturated heterocycles. The van der Waals surface area contributed by atoms with Crippen LogP contribution in [0.15, 0.2) is 60.7 Å². The van der Waals surface area contributed by atoms with Crippen LogP contribution in [0.1, 0.15) is 57.8 Å². The lowest BCUT2D eigenvalue weighted by Crippen LogP contribution is -2.49. The maximum atomic E-state index is 13.5. The molecule has 12 heteroatoms. The van der Waals surface area contributed by atoms with Crippen LogP contribution < -0.4 is 15.4 Å². The fourth-order valence-corrected chi connectivity index (χ4v) is 5.66. The second kappa shape index (κ2) is 18.1. The van der Waals surface area contributed by atoms with Crippen LogP contribution in [0.2, 0.25) is 5.02 Å². The van der Waals surface area contributed by atoms with Crippen LogP contribution in [0.5, 0.6) is 5.75 Å². The Balaban J connectivity index is 1.92. The Morgan fingerprint density at radius 1 is 1.02 bits per heavy atom. The molecular weight excluding hydrogens is 647 g/mol. The topological polar surface area (TPSA) is 140 Å². The van der Waals surface area contributed by atoms with E-state index in [1.165, 1.54) is 19.3 Å². The van der Waals surface area contributed by atoms with Crippen LogP contribution >= 0.6 is 23.2 Å². The number of amides is 2. The van der Waals surface area contributed by atoms with Gasteiger partial charge in [-0.3, -0.25) is 14.4 Å². The highest BCUT2D eigenvalue weighted by atomic mass is 35.5. The van der Waals surface area contributed by atoms with E-state index < -0.39 is 65.3 Å². The molecule has 47 heavy (non-hydrogen) atoms. The molecule has 3 rings (SSSR count). The van der Waals surface area contributed by atoms with Crippen molar-refractivity contribution in [3.05, 3.63) is 76.8 Å². The minimum absolute atomic E-state index is 0.0201. The summed E-state index contributed by atoms with van der Waals surface area (Å²) in [7, 11) is 1.49. The van der Waals surface area contributed by atoms with Crippen LogP contribution in [0.4, 0.5) is 0 Å². The fraction of sp³-hybridized carbons (Fsp3) is 0.486. The highest BCUT2D eigenvalue weighted by molar-refractivity contribution is 6.32. The predicted octanol–water partition coefficient (Wildman–Crippen LogP) is 4.93. The minimum Gasteiger partial charge on any atom is -0.495 e. The molecule has 0 aliphatic carbocycles. The Labute approximate surface area is 286 Å². The number of carbonyl (C=O) groups excluding carboxylic acids is 4. The molecule has 2 aromatic carbocycles. The second-order valence-electron chi connectivity index (χ2n) is 12.2. The van der Waals surface area contributed by atoms with Crippen LogP contribution in [0, 0.1) is 17.8 Å². The lowest BCUT2D eigenvalue weighted by atomic mass is 9.91. The van der Waals surface area contributed by atoms with Gasteiger partial charge in [0.1, 0.15) is 17.9 Å². The normalized spacial score (nSPS) is 23.6. The number of halogens is 2. The van der Waals surface area contributed by atoms with Crippen LogP contribution in [-0.4, -0.2) is 66.1 Å². The van der Waals surface area contributed by atoms with Gasteiger partial charge in [-0.15, -0.1) is 11.6 Å². The van der Waals surface area contributed by atoms with E-state index in [-0.39, 0.29) is 31.7 Å². The van der Waals surface area contributed by atoms with Crippen molar-refractivity contribution < 1.29 is 38.5 Å². The summed E-state index contributed by atoms with van der Waals surface area (Å²) in [5, 5.41) is 15.9. The van der Waals surface area contributed by atoms with Crippen molar-refractivity contribution in [3.63, 3.8) is 0 Å². The van der Waals surface area contributed by atoms with Gasteiger partial charge in [-0.2, -0.15) is 0 Å². The standard InChI is InChI=1S/C35H44Cl2N2O8/c1-20(2)16-29-35(44)46-27(22(4)31(37)32(41)24-10-7-6-8-11-24)12-9-13-30(40)39-26(33(42)38-19-21(3)34(43)47-29)18-23-14-15-28(45-5)25(36)17-23/h6-11,13-15,17,20-22,26-27,29,31-32,41H,12,16,18-19H2,1-5H3,(H,38,42)(H,39,40)/t21-,22+,26-,27+,29+,31+,32-/m1/s1. The molecule has 0 spiro atoms. The van der Waals surface area contributed by atoms with E-state index in [9.17, 15) is 24.3 Å². The summed E-state index contributed by atoms with van der Waals surface area (Å²) in [6, 6.07) is 12.9. The molecule has 0 saturated carbocycles. The highest BCUT2D eigenvalue weighted by Crippen LogP contribution is 2.31. The van der Waals surface area contributed by atoms with E-state index >= 15 is 0 Å². The number of aliphatic hydroxyl groups is 1. The third-order valence-corrected chi connectivity index (χ3v) is 8.85. The smallest absolute Gasteiger partial charge is 0.347 e. The maximum absolute atomic E-state index is 13.5. The monoisotopic (exact) mass is 690 g/mol. The van der Waals surface area contributed by atoms with Gasteiger partial charge in [0.25, 0.3) is 0 Å². The van der Waals surface area contributed by atoms with Crippen molar-refractivity contribution >= 4 is 47.0 Å². The largest absolute Gasteiger partial charge is 0.495 e. The lowest BCUT2D eigenvalue weighted by Gasteiger charge is -2.31. The molecule has 1 aliphatic rings.